The minimum atomic E-state index is -0.633. The second-order valence-corrected chi connectivity index (χ2v) is 6.30. The molecule has 0 saturated heterocycles. The summed E-state index contributed by atoms with van der Waals surface area (Å²) < 4.78 is 27.6. The van der Waals surface area contributed by atoms with Crippen LogP contribution in [0, 0.1) is 11.6 Å². The molecule has 0 fully saturated rings. The van der Waals surface area contributed by atoms with E-state index in [9.17, 15) is 13.6 Å². The van der Waals surface area contributed by atoms with Gasteiger partial charge in [-0.2, -0.15) is 0 Å². The van der Waals surface area contributed by atoms with Crippen LogP contribution in [0.15, 0.2) is 39.6 Å². The van der Waals surface area contributed by atoms with E-state index < -0.39 is 16.5 Å². The Hall–Kier alpha value is -1.47. The van der Waals surface area contributed by atoms with Crippen LogP contribution in [0.3, 0.4) is 0 Å². The molecule has 2 N–H and O–H groups in total. The van der Waals surface area contributed by atoms with Gasteiger partial charge in [-0.25, -0.2) is 13.6 Å². The third kappa shape index (κ3) is 2.67. The average Bonchev–Trinajstić information content (AvgIpc) is 2.76. The predicted octanol–water partition coefficient (Wildman–Crippen LogP) is 4.38. The Labute approximate surface area is 134 Å². The maximum atomic E-state index is 13.9. The number of benzene rings is 2. The van der Waals surface area contributed by atoms with Crippen LogP contribution in [0.2, 0.25) is 0 Å². The van der Waals surface area contributed by atoms with Gasteiger partial charge < -0.3 is 9.97 Å². The third-order valence-electron chi connectivity index (χ3n) is 3.14. The molecule has 7 heteroatoms. The maximum Gasteiger partial charge on any atom is 0.323 e. The van der Waals surface area contributed by atoms with E-state index in [2.05, 4.69) is 41.8 Å². The number of alkyl halides is 1. The highest BCUT2D eigenvalue weighted by Crippen LogP contribution is 2.38. The number of fused-ring (bicyclic) bond motifs is 1. The number of nitrogens with one attached hydrogen (secondary N) is 2. The van der Waals surface area contributed by atoms with Gasteiger partial charge in [0, 0.05) is 16.1 Å². The molecule has 0 radical (unpaired) electrons. The highest BCUT2D eigenvalue weighted by Gasteiger charge is 2.19. The highest BCUT2D eigenvalue weighted by atomic mass is 79.9. The van der Waals surface area contributed by atoms with Gasteiger partial charge in [-0.1, -0.05) is 37.9 Å². The van der Waals surface area contributed by atoms with Crippen molar-refractivity contribution in [2.75, 3.05) is 0 Å². The minimum Gasteiger partial charge on any atom is -0.306 e. The number of aromatic nitrogens is 2. The summed E-state index contributed by atoms with van der Waals surface area (Å²) in [6, 6.07) is 6.91. The van der Waals surface area contributed by atoms with Crippen LogP contribution in [0.1, 0.15) is 16.0 Å². The molecule has 0 aliphatic rings. The molecular weight excluding hydrogens is 410 g/mol. The SMILES string of the molecule is O=c1[nH]c2cc(Br)c(C(Br)c3ccc(F)cc3F)cc2[nH]1. The Morgan fingerprint density at radius 3 is 2.33 bits per heavy atom. The molecule has 0 saturated carbocycles. The quantitative estimate of drug-likeness (QED) is 0.597. The molecule has 0 aliphatic heterocycles. The number of imidazole rings is 1. The average molecular weight is 418 g/mol. The van der Waals surface area contributed by atoms with E-state index in [1.807, 2.05) is 0 Å². The van der Waals surface area contributed by atoms with Crippen molar-refractivity contribution in [2.45, 2.75) is 4.83 Å². The Morgan fingerprint density at radius 2 is 1.67 bits per heavy atom. The molecule has 21 heavy (non-hydrogen) atoms. The van der Waals surface area contributed by atoms with Gasteiger partial charge in [0.15, 0.2) is 0 Å². The number of hydrogen-bond donors (Lipinski definition) is 2. The first kappa shape index (κ1) is 14.5. The first-order valence-corrected chi connectivity index (χ1v) is 7.67. The van der Waals surface area contributed by atoms with Crippen LogP contribution >= 0.6 is 31.9 Å². The summed E-state index contributed by atoms with van der Waals surface area (Å²) in [6.07, 6.45) is 0. The Balaban J connectivity index is 2.14. The lowest BCUT2D eigenvalue weighted by atomic mass is 10.0. The second-order valence-electron chi connectivity index (χ2n) is 4.53. The monoisotopic (exact) mass is 416 g/mol. The van der Waals surface area contributed by atoms with E-state index in [0.29, 0.717) is 21.1 Å². The first-order chi connectivity index (χ1) is 9.95. The van der Waals surface area contributed by atoms with Gasteiger partial charge in [0.05, 0.1) is 15.9 Å². The summed E-state index contributed by atoms with van der Waals surface area (Å²) in [5.74, 6) is -1.26. The Kier molecular flexibility index (Phi) is 3.71. The van der Waals surface area contributed by atoms with Crippen LogP contribution in [0.5, 0.6) is 0 Å². The molecule has 3 rings (SSSR count). The maximum absolute atomic E-state index is 13.9. The lowest BCUT2D eigenvalue weighted by molar-refractivity contribution is 0.574. The molecule has 1 atom stereocenters. The summed E-state index contributed by atoms with van der Waals surface area (Å²) in [5.41, 5.74) is 1.99. The van der Waals surface area contributed by atoms with E-state index in [4.69, 9.17) is 0 Å². The number of hydrogen-bond acceptors (Lipinski definition) is 1. The van der Waals surface area contributed by atoms with Gasteiger partial charge in [0.25, 0.3) is 0 Å². The van der Waals surface area contributed by atoms with E-state index in [1.165, 1.54) is 12.1 Å². The zero-order valence-electron chi connectivity index (χ0n) is 10.4. The van der Waals surface area contributed by atoms with Crippen molar-refractivity contribution >= 4 is 42.9 Å². The number of rotatable bonds is 2. The van der Waals surface area contributed by atoms with Crippen LogP contribution in [0.25, 0.3) is 11.0 Å². The topological polar surface area (TPSA) is 48.6 Å². The normalized spacial score (nSPS) is 12.8. The predicted molar refractivity (Wildman–Crippen MR) is 83.7 cm³/mol. The van der Waals surface area contributed by atoms with Gasteiger partial charge in [-0.3, -0.25) is 0 Å². The lowest BCUT2D eigenvalue weighted by Gasteiger charge is -2.14. The van der Waals surface area contributed by atoms with Crippen LogP contribution < -0.4 is 5.69 Å². The zero-order chi connectivity index (χ0) is 15.1. The Morgan fingerprint density at radius 1 is 1.00 bits per heavy atom. The lowest BCUT2D eigenvalue weighted by Crippen LogP contribution is -1.99. The van der Waals surface area contributed by atoms with Crippen molar-refractivity contribution in [3.8, 4) is 0 Å². The second kappa shape index (κ2) is 5.38. The van der Waals surface area contributed by atoms with Crippen molar-refractivity contribution in [1.29, 1.82) is 0 Å². The number of aromatic amines is 2. The zero-order valence-corrected chi connectivity index (χ0v) is 13.6. The van der Waals surface area contributed by atoms with Crippen LogP contribution in [-0.4, -0.2) is 9.97 Å². The fourth-order valence-corrected chi connectivity index (χ4v) is 3.77. The van der Waals surface area contributed by atoms with Gasteiger partial charge in [-0.15, -0.1) is 0 Å². The third-order valence-corrected chi connectivity index (χ3v) is 4.82. The molecule has 3 nitrogen and oxygen atoms in total. The molecule has 108 valence electrons. The molecule has 1 aromatic heterocycles. The van der Waals surface area contributed by atoms with Gasteiger partial charge in [0.1, 0.15) is 11.6 Å². The van der Waals surface area contributed by atoms with Crippen molar-refractivity contribution in [2.24, 2.45) is 0 Å². The van der Waals surface area contributed by atoms with Gasteiger partial charge in [-0.05, 0) is 23.8 Å². The molecule has 1 heterocycles. The van der Waals surface area contributed by atoms with Crippen LogP contribution in [0.4, 0.5) is 8.78 Å². The molecule has 0 amide bonds. The smallest absolute Gasteiger partial charge is 0.306 e. The van der Waals surface area contributed by atoms with Crippen molar-refractivity contribution in [1.82, 2.24) is 9.97 Å². The van der Waals surface area contributed by atoms with Crippen molar-refractivity contribution in [3.63, 3.8) is 0 Å². The molecule has 0 spiro atoms. The van der Waals surface area contributed by atoms with E-state index in [1.54, 1.807) is 12.1 Å². The molecule has 0 bridgehead atoms. The van der Waals surface area contributed by atoms with Gasteiger partial charge >= 0.3 is 5.69 Å². The molecule has 1 unspecified atom stereocenters. The summed E-state index contributed by atoms with van der Waals surface area (Å²) in [6.45, 7) is 0. The largest absolute Gasteiger partial charge is 0.323 e. The summed E-state index contributed by atoms with van der Waals surface area (Å²) in [4.78, 5) is 16.1. The minimum absolute atomic E-state index is 0.312. The highest BCUT2D eigenvalue weighted by molar-refractivity contribution is 9.11. The summed E-state index contributed by atoms with van der Waals surface area (Å²) >= 11 is 6.82. The standard InChI is InChI=1S/C14H8Br2F2N2O/c15-9-5-12-11(19-14(21)20-12)4-8(9)13(16)7-2-1-6(17)3-10(7)18/h1-5,13H,(H2,19,20,21). The number of H-pyrrole nitrogens is 2. The molecule has 3 aromatic rings. The van der Waals surface area contributed by atoms with Crippen LogP contribution in [-0.2, 0) is 0 Å². The van der Waals surface area contributed by atoms with E-state index in [-0.39, 0.29) is 5.69 Å². The van der Waals surface area contributed by atoms with E-state index in [0.717, 1.165) is 11.6 Å². The molecule has 0 aliphatic carbocycles. The summed E-state index contributed by atoms with van der Waals surface area (Å²) in [5, 5.41) is 0. The van der Waals surface area contributed by atoms with E-state index >= 15 is 0 Å². The first-order valence-electron chi connectivity index (χ1n) is 5.96. The molecule has 2 aromatic carbocycles. The van der Waals surface area contributed by atoms with Gasteiger partial charge in [0.2, 0.25) is 0 Å². The fraction of sp³-hybridized carbons (Fsp3) is 0.0714. The number of halogens is 4. The van der Waals surface area contributed by atoms with Crippen molar-refractivity contribution < 1.29 is 8.78 Å². The molecular formula is C14H8Br2F2N2O. The van der Waals surface area contributed by atoms with Crippen molar-refractivity contribution in [3.05, 3.63) is 68.1 Å². The summed E-state index contributed by atoms with van der Waals surface area (Å²) in [7, 11) is 0. The Bertz CT molecular complexity index is 888. The fourth-order valence-electron chi connectivity index (χ4n) is 2.14.